The molecule has 2 heterocycles. The molecule has 1 aliphatic rings. The second-order valence-corrected chi connectivity index (χ2v) is 10.7. The van der Waals surface area contributed by atoms with Crippen molar-refractivity contribution in [2.75, 3.05) is 30.3 Å². The van der Waals surface area contributed by atoms with Crippen LogP contribution >= 0.6 is 11.8 Å². The van der Waals surface area contributed by atoms with Gasteiger partial charge in [0.25, 0.3) is 0 Å². The van der Waals surface area contributed by atoms with Gasteiger partial charge in [0.1, 0.15) is 0 Å². The summed E-state index contributed by atoms with van der Waals surface area (Å²) in [7, 11) is -3.08. The normalized spacial score (nSPS) is 17.5. The SMILES string of the molecule is CCN(CC(=O)NC1CCS(=O)(=O)C1)C(=O)CSc1nnnn1-c1cc(C)ccc1C. The van der Waals surface area contributed by atoms with E-state index < -0.39 is 9.84 Å². The number of tetrazole rings is 1. The van der Waals surface area contributed by atoms with Gasteiger partial charge in [-0.25, -0.2) is 8.42 Å². The van der Waals surface area contributed by atoms with Crippen LogP contribution < -0.4 is 5.32 Å². The monoisotopic (exact) mass is 466 g/mol. The Kier molecular flexibility index (Phi) is 7.31. The second-order valence-electron chi connectivity index (χ2n) is 7.53. The summed E-state index contributed by atoms with van der Waals surface area (Å²) in [6.07, 6.45) is 0.408. The Morgan fingerprint density at radius 2 is 2.10 bits per heavy atom. The first-order chi connectivity index (χ1) is 14.7. The lowest BCUT2D eigenvalue weighted by Gasteiger charge is -2.21. The van der Waals surface area contributed by atoms with E-state index in [-0.39, 0.29) is 41.7 Å². The number of hydrogen-bond acceptors (Lipinski definition) is 8. The number of benzene rings is 1. The van der Waals surface area contributed by atoms with Crippen molar-refractivity contribution in [3.8, 4) is 5.69 Å². The van der Waals surface area contributed by atoms with Gasteiger partial charge in [0.05, 0.1) is 29.5 Å². The average molecular weight is 467 g/mol. The van der Waals surface area contributed by atoms with E-state index in [2.05, 4.69) is 20.8 Å². The van der Waals surface area contributed by atoms with E-state index in [4.69, 9.17) is 0 Å². The number of aryl methyl sites for hydroxylation is 2. The first kappa shape index (κ1) is 23.2. The minimum absolute atomic E-state index is 0.0459. The van der Waals surface area contributed by atoms with Crippen molar-refractivity contribution in [1.29, 1.82) is 0 Å². The number of aromatic nitrogens is 4. The van der Waals surface area contributed by atoms with Gasteiger partial charge >= 0.3 is 0 Å². The zero-order valence-corrected chi connectivity index (χ0v) is 19.4. The molecule has 0 aliphatic carbocycles. The molecular formula is C19H26N6O4S2. The smallest absolute Gasteiger partial charge is 0.239 e. The summed E-state index contributed by atoms with van der Waals surface area (Å²) in [5, 5.41) is 15.0. The number of nitrogens with one attached hydrogen (secondary N) is 1. The summed E-state index contributed by atoms with van der Waals surface area (Å²) >= 11 is 1.20. The van der Waals surface area contributed by atoms with Gasteiger partial charge in [-0.3, -0.25) is 9.59 Å². The van der Waals surface area contributed by atoms with E-state index in [0.717, 1.165) is 16.8 Å². The maximum atomic E-state index is 12.7. The third-order valence-corrected chi connectivity index (χ3v) is 7.70. The second kappa shape index (κ2) is 9.77. The van der Waals surface area contributed by atoms with Crippen molar-refractivity contribution in [1.82, 2.24) is 30.4 Å². The number of amides is 2. The Hall–Kier alpha value is -2.47. The number of carbonyl (C=O) groups is 2. The van der Waals surface area contributed by atoms with Gasteiger partial charge in [-0.1, -0.05) is 23.9 Å². The van der Waals surface area contributed by atoms with Crippen LogP contribution in [-0.2, 0) is 19.4 Å². The molecule has 0 radical (unpaired) electrons. The zero-order valence-electron chi connectivity index (χ0n) is 17.7. The molecule has 2 amide bonds. The van der Waals surface area contributed by atoms with E-state index in [1.165, 1.54) is 16.7 Å². The summed E-state index contributed by atoms with van der Waals surface area (Å²) in [5.41, 5.74) is 2.92. The van der Waals surface area contributed by atoms with Gasteiger partial charge in [0, 0.05) is 12.6 Å². The quantitative estimate of drug-likeness (QED) is 0.558. The molecule has 10 nitrogen and oxygen atoms in total. The van der Waals surface area contributed by atoms with Crippen molar-refractivity contribution < 1.29 is 18.0 Å². The lowest BCUT2D eigenvalue weighted by Crippen LogP contribution is -2.45. The highest BCUT2D eigenvalue weighted by Crippen LogP contribution is 2.22. The topological polar surface area (TPSA) is 127 Å². The number of nitrogens with zero attached hydrogens (tertiary/aromatic N) is 5. The molecule has 0 bridgehead atoms. The predicted molar refractivity (Wildman–Crippen MR) is 117 cm³/mol. The van der Waals surface area contributed by atoms with E-state index in [0.29, 0.717) is 18.1 Å². The molecule has 1 saturated heterocycles. The molecule has 1 N–H and O–H groups in total. The molecule has 2 aromatic rings. The first-order valence-corrected chi connectivity index (χ1v) is 12.8. The van der Waals surface area contributed by atoms with Crippen LogP contribution in [0, 0.1) is 13.8 Å². The third kappa shape index (κ3) is 6.03. The van der Waals surface area contributed by atoms with Crippen LogP contribution in [0.15, 0.2) is 23.4 Å². The summed E-state index contributed by atoms with van der Waals surface area (Å²) in [4.78, 5) is 26.4. The predicted octanol–water partition coefficient (Wildman–Crippen LogP) is 0.523. The summed E-state index contributed by atoms with van der Waals surface area (Å²) in [5.74, 6) is -0.472. The fourth-order valence-electron chi connectivity index (χ4n) is 3.32. The van der Waals surface area contributed by atoms with E-state index in [9.17, 15) is 18.0 Å². The minimum Gasteiger partial charge on any atom is -0.351 e. The Balaban J connectivity index is 1.58. The molecule has 0 saturated carbocycles. The average Bonchev–Trinajstić information content (AvgIpc) is 3.31. The Morgan fingerprint density at radius 3 is 2.77 bits per heavy atom. The van der Waals surface area contributed by atoms with Crippen LogP contribution in [0.2, 0.25) is 0 Å². The first-order valence-electron chi connectivity index (χ1n) is 9.95. The van der Waals surface area contributed by atoms with Crippen LogP contribution in [0.3, 0.4) is 0 Å². The molecule has 1 fully saturated rings. The van der Waals surface area contributed by atoms with Crippen LogP contribution in [-0.4, -0.2) is 81.7 Å². The Labute approximate surface area is 185 Å². The van der Waals surface area contributed by atoms with Crippen molar-refractivity contribution in [3.05, 3.63) is 29.3 Å². The lowest BCUT2D eigenvalue weighted by molar-refractivity contribution is -0.134. The number of carbonyl (C=O) groups excluding carboxylic acids is 2. The van der Waals surface area contributed by atoms with Crippen molar-refractivity contribution in [2.45, 2.75) is 38.4 Å². The highest BCUT2D eigenvalue weighted by Gasteiger charge is 2.29. The molecule has 31 heavy (non-hydrogen) atoms. The van der Waals surface area contributed by atoms with Gasteiger partial charge in [-0.05, 0) is 54.8 Å². The maximum Gasteiger partial charge on any atom is 0.239 e. The van der Waals surface area contributed by atoms with E-state index in [1.54, 1.807) is 11.6 Å². The number of likely N-dealkylation sites (N-methyl/N-ethyl adjacent to an activating group) is 1. The molecule has 1 atom stereocenters. The highest BCUT2D eigenvalue weighted by atomic mass is 32.2. The van der Waals surface area contributed by atoms with Crippen molar-refractivity contribution in [3.63, 3.8) is 0 Å². The third-order valence-electron chi connectivity index (χ3n) is 5.02. The maximum absolute atomic E-state index is 12.7. The van der Waals surface area contributed by atoms with Gasteiger partial charge in [-0.2, -0.15) is 4.68 Å². The lowest BCUT2D eigenvalue weighted by atomic mass is 10.1. The molecule has 0 spiro atoms. The standard InChI is InChI=1S/C19H26N6O4S2/c1-4-24(10-17(26)20-15-7-8-31(28,29)12-15)18(27)11-30-19-21-22-23-25(19)16-9-13(2)5-6-14(16)3/h5-6,9,15H,4,7-8,10-12H2,1-3H3,(H,20,26). The van der Waals surface area contributed by atoms with Gasteiger partial charge in [-0.15, -0.1) is 5.10 Å². The molecule has 1 aromatic carbocycles. The fourth-order valence-corrected chi connectivity index (χ4v) is 5.78. The van der Waals surface area contributed by atoms with Crippen LogP contribution in [0.1, 0.15) is 24.5 Å². The van der Waals surface area contributed by atoms with Crippen molar-refractivity contribution in [2.24, 2.45) is 0 Å². The number of hydrogen-bond donors (Lipinski definition) is 1. The van der Waals surface area contributed by atoms with Crippen LogP contribution in [0.5, 0.6) is 0 Å². The molecule has 1 unspecified atom stereocenters. The number of sulfone groups is 1. The summed E-state index contributed by atoms with van der Waals surface area (Å²) < 4.78 is 24.7. The number of rotatable bonds is 8. The Morgan fingerprint density at radius 1 is 1.32 bits per heavy atom. The van der Waals surface area contributed by atoms with Gasteiger partial charge in [0.2, 0.25) is 17.0 Å². The molecular weight excluding hydrogens is 440 g/mol. The largest absolute Gasteiger partial charge is 0.351 e. The highest BCUT2D eigenvalue weighted by molar-refractivity contribution is 7.99. The molecule has 1 aliphatic heterocycles. The van der Waals surface area contributed by atoms with Gasteiger partial charge < -0.3 is 10.2 Å². The van der Waals surface area contributed by atoms with E-state index >= 15 is 0 Å². The Bertz CT molecular complexity index is 1070. The van der Waals surface area contributed by atoms with Crippen LogP contribution in [0.4, 0.5) is 0 Å². The summed E-state index contributed by atoms with van der Waals surface area (Å²) in [6.45, 7) is 5.97. The molecule has 168 valence electrons. The minimum atomic E-state index is -3.08. The van der Waals surface area contributed by atoms with Crippen LogP contribution in [0.25, 0.3) is 5.69 Å². The molecule has 1 aromatic heterocycles. The summed E-state index contributed by atoms with van der Waals surface area (Å²) in [6, 6.07) is 5.58. The fraction of sp³-hybridized carbons (Fsp3) is 0.526. The zero-order chi connectivity index (χ0) is 22.6. The molecule has 12 heteroatoms. The van der Waals surface area contributed by atoms with Crippen molar-refractivity contribution >= 4 is 33.4 Å². The number of thioether (sulfide) groups is 1. The van der Waals surface area contributed by atoms with E-state index in [1.807, 2.05) is 32.0 Å². The van der Waals surface area contributed by atoms with Gasteiger partial charge in [0.15, 0.2) is 9.84 Å². The molecule has 3 rings (SSSR count).